The van der Waals surface area contributed by atoms with E-state index in [0.717, 1.165) is 28.9 Å². The summed E-state index contributed by atoms with van der Waals surface area (Å²) >= 11 is 0. The summed E-state index contributed by atoms with van der Waals surface area (Å²) in [7, 11) is 1.05. The van der Waals surface area contributed by atoms with E-state index in [1.165, 1.54) is 48.5 Å². The Morgan fingerprint density at radius 2 is 0.932 bits per heavy atom. The fourth-order valence-electron chi connectivity index (χ4n) is 6.26. The molecule has 2 aromatic heterocycles. The zero-order valence-electron chi connectivity index (χ0n) is 39.7. The van der Waals surface area contributed by atoms with Gasteiger partial charge in [-0.05, 0) is 86.6 Å². The van der Waals surface area contributed by atoms with Crippen LogP contribution in [-0.4, -0.2) is 117 Å². The fraction of sp³-hybridized carbons (Fsp3) is 0.234. The van der Waals surface area contributed by atoms with Crippen LogP contribution >= 0.6 is 0 Å². The molecule has 0 fully saturated rings. The van der Waals surface area contributed by atoms with Crippen LogP contribution in [0.15, 0.2) is 122 Å². The van der Waals surface area contributed by atoms with Crippen molar-refractivity contribution in [1.29, 1.82) is 0 Å². The molecule has 0 unspecified atom stereocenters. The molecule has 8 N–H and O–H groups in total. The molecule has 20 nitrogen and oxygen atoms in total. The Balaban J connectivity index is 0.000000487. The summed E-state index contributed by atoms with van der Waals surface area (Å²) in [6.07, 6.45) is -8.12. The first-order valence-corrected chi connectivity index (χ1v) is 21.1. The first-order valence-electron chi connectivity index (χ1n) is 21.1. The number of halogens is 6. The van der Waals surface area contributed by atoms with Gasteiger partial charge in [0.2, 0.25) is 0 Å². The number of ether oxygens (including phenoxy) is 3. The number of carbonyl (C=O) groups is 6. The van der Waals surface area contributed by atoms with E-state index in [0.29, 0.717) is 30.4 Å². The van der Waals surface area contributed by atoms with E-state index in [4.69, 9.17) is 9.47 Å². The quantitative estimate of drug-likeness (QED) is 0.0468. The Morgan fingerprint density at radius 3 is 1.26 bits per heavy atom. The van der Waals surface area contributed by atoms with Crippen LogP contribution in [0.25, 0.3) is 11.4 Å². The van der Waals surface area contributed by atoms with Crippen LogP contribution in [0.4, 0.5) is 26.3 Å². The summed E-state index contributed by atoms with van der Waals surface area (Å²) in [5.41, 5.74) is -3.52. The molecule has 6 rings (SSSR count). The number of amides is 4. The molecule has 4 aromatic carbocycles. The maximum absolute atomic E-state index is 13.6. The third-order valence-corrected chi connectivity index (χ3v) is 9.68. The van der Waals surface area contributed by atoms with Gasteiger partial charge in [0.05, 0.1) is 42.8 Å². The first kappa shape index (κ1) is 61.9. The number of benzene rings is 4. The SMILES string of the molecule is CCOc1ccc(C(=O)NC[C@H](NC(=O)c2cn(-c3ccccc3)nc2C(F)(F)F)C(=O)O)cc1.CCOc1ccc(C(=O)NC[C@H](NC(=O)c2cn(-c3ccccc3)nc2C(F)(F)F)C(=O)OC)cc1.O.[Li+].[OH-]. The maximum atomic E-state index is 13.6. The number of aromatic nitrogens is 4. The first-order chi connectivity index (χ1) is 33.7. The number of nitrogens with one attached hydrogen (secondary N) is 4. The van der Waals surface area contributed by atoms with E-state index in [1.807, 2.05) is 12.2 Å². The molecule has 0 radical (unpaired) electrons. The number of carboxylic acid groups (broad SMARTS) is 1. The number of para-hydroxylation sites is 2. The molecule has 0 aliphatic heterocycles. The van der Waals surface area contributed by atoms with Crippen LogP contribution in [0, 0.1) is 0 Å². The summed E-state index contributed by atoms with van der Waals surface area (Å²) in [5, 5.41) is 25.4. The van der Waals surface area contributed by atoms with Gasteiger partial charge >= 0.3 is 43.2 Å². The van der Waals surface area contributed by atoms with Crippen LogP contribution in [0.5, 0.6) is 11.5 Å². The van der Waals surface area contributed by atoms with E-state index in [-0.39, 0.29) is 46.6 Å². The Labute approximate surface area is 429 Å². The van der Waals surface area contributed by atoms with Crippen molar-refractivity contribution >= 4 is 35.6 Å². The van der Waals surface area contributed by atoms with Crippen LogP contribution in [0.1, 0.15) is 66.7 Å². The molecule has 390 valence electrons. The zero-order chi connectivity index (χ0) is 51.9. The Bertz CT molecular complexity index is 2800. The number of hydrogen-bond donors (Lipinski definition) is 5. The van der Waals surface area contributed by atoms with Gasteiger partial charge in [-0.3, -0.25) is 19.2 Å². The van der Waals surface area contributed by atoms with Crippen LogP contribution in [-0.2, 0) is 26.7 Å². The number of esters is 1. The van der Waals surface area contributed by atoms with Crippen molar-refractivity contribution in [2.24, 2.45) is 0 Å². The van der Waals surface area contributed by atoms with Crippen molar-refractivity contribution in [3.05, 3.63) is 155 Å². The van der Waals surface area contributed by atoms with Gasteiger partial charge in [-0.15, -0.1) is 0 Å². The number of alkyl halides is 6. The van der Waals surface area contributed by atoms with Gasteiger partial charge in [-0.2, -0.15) is 36.5 Å². The van der Waals surface area contributed by atoms with Crippen molar-refractivity contribution in [1.82, 2.24) is 40.8 Å². The molecule has 0 aliphatic rings. The molecule has 27 heteroatoms. The molecule has 0 spiro atoms. The largest absolute Gasteiger partial charge is 1.00 e. The van der Waals surface area contributed by atoms with Gasteiger partial charge in [0.15, 0.2) is 11.4 Å². The van der Waals surface area contributed by atoms with Crippen molar-refractivity contribution in [2.45, 2.75) is 38.3 Å². The summed E-state index contributed by atoms with van der Waals surface area (Å²) in [6, 6.07) is 24.7. The number of aliphatic carboxylic acids is 1. The second kappa shape index (κ2) is 28.2. The predicted octanol–water partition coefficient (Wildman–Crippen LogP) is 1.90. The van der Waals surface area contributed by atoms with Gasteiger partial charge in [-0.1, -0.05) is 36.4 Å². The molecule has 0 aliphatic carbocycles. The molecule has 0 bridgehead atoms. The van der Waals surface area contributed by atoms with Gasteiger partial charge in [0, 0.05) is 36.6 Å². The van der Waals surface area contributed by atoms with E-state index in [1.54, 1.807) is 67.6 Å². The van der Waals surface area contributed by atoms with Crippen molar-refractivity contribution in [2.75, 3.05) is 33.4 Å². The third-order valence-electron chi connectivity index (χ3n) is 9.68. The summed E-state index contributed by atoms with van der Waals surface area (Å²) in [6.45, 7) is 3.50. The van der Waals surface area contributed by atoms with Crippen LogP contribution in [0.3, 0.4) is 0 Å². The molecule has 74 heavy (non-hydrogen) atoms. The average Bonchev–Trinajstić information content (AvgIpc) is 4.03. The molecule has 4 amide bonds. The molecule has 0 saturated heterocycles. The zero-order valence-corrected chi connectivity index (χ0v) is 39.7. The van der Waals surface area contributed by atoms with Gasteiger partial charge in [-0.25, -0.2) is 19.0 Å². The minimum absolute atomic E-state index is 0. The molecule has 2 atom stereocenters. The standard InChI is InChI=1S/C24H23F3N4O5.C23H21F3N4O5.Li.2H2O/c1-3-36-17-11-9-15(10-12-17)21(32)28-13-19(23(34)35-2)29-22(33)18-14-31(16-7-5-4-6-8-16)30-20(18)24(25,26)27;1-2-35-16-10-8-14(9-11-16)20(31)27-12-18(22(33)34)28-21(32)17-13-30(15-6-4-3-5-7-15)29-19(17)23(24,25)26;;;/h4-12,14,19H,3,13H2,1-2H3,(H,28,32)(H,29,33);3-11,13,18H,2,12H2,1H3,(H,27,31)(H,28,32)(H,33,34);;2*1H2/q;;+1;;/p-1/t19-;18-;;;/m00.../s1. The normalized spacial score (nSPS) is 11.5. The van der Waals surface area contributed by atoms with E-state index < -0.39 is 95.6 Å². The monoisotopic (exact) mass is 1040 g/mol. The summed E-state index contributed by atoms with van der Waals surface area (Å²) in [4.78, 5) is 74.0. The van der Waals surface area contributed by atoms with E-state index >= 15 is 0 Å². The van der Waals surface area contributed by atoms with Crippen molar-refractivity contribution in [3.8, 4) is 22.9 Å². The van der Waals surface area contributed by atoms with Crippen LogP contribution < -0.4 is 49.6 Å². The van der Waals surface area contributed by atoms with Crippen molar-refractivity contribution < 1.29 is 104 Å². The predicted molar refractivity (Wildman–Crippen MR) is 245 cm³/mol. The second-order valence-corrected chi connectivity index (χ2v) is 14.6. The third kappa shape index (κ3) is 17.0. The summed E-state index contributed by atoms with van der Waals surface area (Å²) < 4.78 is 98.4. The van der Waals surface area contributed by atoms with Crippen LogP contribution in [0.2, 0.25) is 0 Å². The van der Waals surface area contributed by atoms with E-state index in [2.05, 4.69) is 30.9 Å². The van der Waals surface area contributed by atoms with Gasteiger partial charge in [0.25, 0.3) is 23.6 Å². The van der Waals surface area contributed by atoms with Gasteiger partial charge in [0.1, 0.15) is 23.6 Å². The Morgan fingerprint density at radius 1 is 0.581 bits per heavy atom. The Kier molecular flexibility index (Phi) is 23.6. The molecule has 2 heterocycles. The fourth-order valence-corrected chi connectivity index (χ4v) is 6.26. The number of hydrogen-bond acceptors (Lipinski definition) is 12. The maximum Gasteiger partial charge on any atom is 1.00 e. The Hall–Kier alpha value is -8.18. The number of methoxy groups -OCH3 is 1. The van der Waals surface area contributed by atoms with Crippen molar-refractivity contribution in [3.63, 3.8) is 0 Å². The second-order valence-electron chi connectivity index (χ2n) is 14.6. The van der Waals surface area contributed by atoms with E-state index in [9.17, 15) is 60.2 Å². The molecule has 0 saturated carbocycles. The average molecular weight is 1040 g/mol. The summed E-state index contributed by atoms with van der Waals surface area (Å²) in [5.74, 6) is -5.14. The molecular formula is C47H47F6LiN8O12. The topological polar surface area (TPSA) is 296 Å². The number of rotatable bonds is 18. The number of carboxylic acids is 1. The number of carbonyl (C=O) groups excluding carboxylic acids is 5. The minimum Gasteiger partial charge on any atom is -0.870 e. The smallest absolute Gasteiger partial charge is 0.870 e. The molecule has 6 aromatic rings. The minimum atomic E-state index is -4.96. The number of nitrogens with zero attached hydrogens (tertiary/aromatic N) is 4. The van der Waals surface area contributed by atoms with Gasteiger partial charge < -0.3 is 51.5 Å². The molecular weight excluding hydrogens is 989 g/mol.